The molecule has 208 valence electrons. The van der Waals surface area contributed by atoms with Crippen molar-refractivity contribution in [1.82, 2.24) is 20.1 Å². The number of carboxylic acid groups (broad SMARTS) is 1. The van der Waals surface area contributed by atoms with Crippen LogP contribution in [0, 0.1) is 11.6 Å². The van der Waals surface area contributed by atoms with E-state index in [2.05, 4.69) is 15.6 Å². The number of amides is 1. The van der Waals surface area contributed by atoms with Crippen LogP contribution in [0.2, 0.25) is 0 Å². The monoisotopic (exact) mass is 566 g/mol. The number of carbonyl (C=O) groups is 2. The number of aromatic carboxylic acids is 1. The molecule has 0 aliphatic carbocycles. The number of aromatic nitrogens is 3. The molecular formula is C29H19F5N4O3. The van der Waals surface area contributed by atoms with Gasteiger partial charge in [0.1, 0.15) is 5.52 Å². The summed E-state index contributed by atoms with van der Waals surface area (Å²) in [4.78, 5) is 24.5. The first-order valence-electron chi connectivity index (χ1n) is 12.1. The van der Waals surface area contributed by atoms with Gasteiger partial charge in [0.2, 0.25) is 0 Å². The molecule has 0 radical (unpaired) electrons. The van der Waals surface area contributed by atoms with E-state index in [1.165, 1.54) is 47.1 Å². The van der Waals surface area contributed by atoms with Crippen LogP contribution in [0.3, 0.4) is 0 Å². The van der Waals surface area contributed by atoms with Gasteiger partial charge in [0, 0.05) is 24.7 Å². The van der Waals surface area contributed by atoms with Gasteiger partial charge >= 0.3 is 12.1 Å². The van der Waals surface area contributed by atoms with E-state index in [0.29, 0.717) is 22.4 Å². The van der Waals surface area contributed by atoms with E-state index in [1.807, 2.05) is 0 Å². The second-order valence-corrected chi connectivity index (χ2v) is 9.16. The molecule has 2 N–H and O–H groups in total. The van der Waals surface area contributed by atoms with Crippen LogP contribution in [-0.2, 0) is 19.1 Å². The maximum Gasteiger partial charge on any atom is 0.416 e. The largest absolute Gasteiger partial charge is 0.478 e. The number of nitrogens with zero attached hydrogens (tertiary/aromatic N) is 3. The second kappa shape index (κ2) is 10.8. The maximum absolute atomic E-state index is 14.0. The Morgan fingerprint density at radius 2 is 1.54 bits per heavy atom. The molecule has 0 fully saturated rings. The molecule has 5 rings (SSSR count). The number of carbonyl (C=O) groups excluding carboxylic acids is 1. The summed E-state index contributed by atoms with van der Waals surface area (Å²) in [7, 11) is 0. The highest BCUT2D eigenvalue weighted by atomic mass is 19.4. The summed E-state index contributed by atoms with van der Waals surface area (Å²) in [5.74, 6) is -3.79. The van der Waals surface area contributed by atoms with Crippen molar-refractivity contribution in [3.8, 4) is 11.1 Å². The topological polar surface area (TPSA) is 96.6 Å². The number of hydrogen-bond acceptors (Lipinski definition) is 4. The second-order valence-electron chi connectivity index (χ2n) is 9.16. The van der Waals surface area contributed by atoms with Crippen molar-refractivity contribution < 1.29 is 36.6 Å². The van der Waals surface area contributed by atoms with Crippen LogP contribution in [-0.4, -0.2) is 31.8 Å². The fourth-order valence-electron chi connectivity index (χ4n) is 4.26. The molecule has 0 saturated heterocycles. The summed E-state index contributed by atoms with van der Waals surface area (Å²) in [6.07, 6.45) is -2.95. The van der Waals surface area contributed by atoms with Crippen molar-refractivity contribution in [2.45, 2.75) is 19.1 Å². The van der Waals surface area contributed by atoms with Gasteiger partial charge in [-0.3, -0.25) is 4.79 Å². The highest BCUT2D eigenvalue weighted by molar-refractivity contribution is 6.02. The van der Waals surface area contributed by atoms with Crippen molar-refractivity contribution in [1.29, 1.82) is 0 Å². The van der Waals surface area contributed by atoms with Crippen LogP contribution in [0.25, 0.3) is 16.6 Å². The van der Waals surface area contributed by atoms with Crippen molar-refractivity contribution >= 4 is 17.4 Å². The third-order valence-electron chi connectivity index (χ3n) is 6.38. The Morgan fingerprint density at radius 3 is 2.17 bits per heavy atom. The lowest BCUT2D eigenvalue weighted by Gasteiger charge is -2.11. The number of fused-ring (bicyclic) bond motifs is 1. The minimum atomic E-state index is -4.49. The molecule has 3 aromatic carbocycles. The van der Waals surface area contributed by atoms with E-state index in [-0.39, 0.29) is 35.2 Å². The van der Waals surface area contributed by atoms with Crippen LogP contribution >= 0.6 is 0 Å². The molecule has 2 heterocycles. The first-order valence-corrected chi connectivity index (χ1v) is 12.1. The average molecular weight is 566 g/mol. The molecule has 0 spiro atoms. The van der Waals surface area contributed by atoms with E-state index >= 15 is 0 Å². The van der Waals surface area contributed by atoms with Crippen LogP contribution < -0.4 is 5.32 Å². The van der Waals surface area contributed by atoms with E-state index in [9.17, 15) is 31.5 Å². The predicted molar refractivity (Wildman–Crippen MR) is 137 cm³/mol. The molecule has 41 heavy (non-hydrogen) atoms. The molecule has 0 unspecified atom stereocenters. The lowest BCUT2D eigenvalue weighted by molar-refractivity contribution is -0.137. The quantitative estimate of drug-likeness (QED) is 0.239. The van der Waals surface area contributed by atoms with Gasteiger partial charge in [-0.1, -0.05) is 35.5 Å². The van der Waals surface area contributed by atoms with Crippen molar-refractivity contribution in [2.24, 2.45) is 0 Å². The highest BCUT2D eigenvalue weighted by Crippen LogP contribution is 2.30. The smallest absolute Gasteiger partial charge is 0.416 e. The average Bonchev–Trinajstić information content (AvgIpc) is 3.35. The predicted octanol–water partition coefficient (Wildman–Crippen LogP) is 5.91. The molecule has 0 saturated carbocycles. The Hall–Kier alpha value is -5.13. The van der Waals surface area contributed by atoms with E-state index in [0.717, 1.165) is 24.3 Å². The molecule has 0 aliphatic heterocycles. The van der Waals surface area contributed by atoms with Crippen LogP contribution in [0.15, 0.2) is 79.0 Å². The van der Waals surface area contributed by atoms with Crippen LogP contribution in [0.1, 0.15) is 43.1 Å². The summed E-state index contributed by atoms with van der Waals surface area (Å²) in [5, 5.41) is 20.0. The van der Waals surface area contributed by atoms with Crippen LogP contribution in [0.5, 0.6) is 0 Å². The maximum atomic E-state index is 14.0. The Kier molecular flexibility index (Phi) is 7.22. The zero-order chi connectivity index (χ0) is 29.3. The number of rotatable bonds is 7. The summed E-state index contributed by atoms with van der Waals surface area (Å²) in [5.41, 5.74) is 1.65. The lowest BCUT2D eigenvalue weighted by Crippen LogP contribution is -2.24. The number of benzene rings is 3. The Bertz CT molecular complexity index is 1770. The van der Waals surface area contributed by atoms with Gasteiger partial charge in [-0.15, -0.1) is 5.10 Å². The van der Waals surface area contributed by atoms with Gasteiger partial charge in [-0.2, -0.15) is 13.2 Å². The minimum Gasteiger partial charge on any atom is -0.478 e. The molecular weight excluding hydrogens is 547 g/mol. The van der Waals surface area contributed by atoms with Crippen molar-refractivity contribution in [3.63, 3.8) is 0 Å². The van der Waals surface area contributed by atoms with Gasteiger partial charge in [0.25, 0.3) is 5.91 Å². The van der Waals surface area contributed by atoms with E-state index in [4.69, 9.17) is 5.11 Å². The van der Waals surface area contributed by atoms with Gasteiger partial charge in [-0.05, 0) is 59.2 Å². The standard InChI is InChI=1S/C29H19F5N4O3/c30-23-10-7-19(13-24(23)31)20-12-22(27(39)35-14-17-1-5-18(6-2-17)28(40)41)26-25(36-37-38(26)15-20)11-16-3-8-21(9-4-16)29(32,33)34/h1-10,12-13,15H,11,14H2,(H,35,39)(H,40,41). The third kappa shape index (κ3) is 5.91. The van der Waals surface area contributed by atoms with Gasteiger partial charge < -0.3 is 10.4 Å². The number of nitrogens with one attached hydrogen (secondary N) is 1. The zero-order valence-electron chi connectivity index (χ0n) is 20.9. The Morgan fingerprint density at radius 1 is 0.854 bits per heavy atom. The van der Waals surface area contributed by atoms with Gasteiger partial charge in [0.15, 0.2) is 11.6 Å². The fourth-order valence-corrected chi connectivity index (χ4v) is 4.26. The first kappa shape index (κ1) is 27.4. The van der Waals surface area contributed by atoms with Crippen LogP contribution in [0.4, 0.5) is 22.0 Å². The van der Waals surface area contributed by atoms with E-state index in [1.54, 1.807) is 12.1 Å². The number of halogens is 5. The molecule has 12 heteroatoms. The normalized spacial score (nSPS) is 11.5. The van der Waals surface area contributed by atoms with Gasteiger partial charge in [0.05, 0.1) is 22.4 Å². The minimum absolute atomic E-state index is 0.0378. The number of alkyl halides is 3. The Labute approximate surface area is 228 Å². The molecule has 7 nitrogen and oxygen atoms in total. The number of carboxylic acids is 1. The molecule has 5 aromatic rings. The molecule has 1 amide bonds. The van der Waals surface area contributed by atoms with Crippen molar-refractivity contribution in [2.75, 3.05) is 0 Å². The number of hydrogen-bond donors (Lipinski definition) is 2. The molecule has 2 aromatic heterocycles. The van der Waals surface area contributed by atoms with E-state index < -0.39 is 35.3 Å². The first-order chi connectivity index (χ1) is 19.5. The molecule has 0 bridgehead atoms. The fraction of sp³-hybridized carbons (Fsp3) is 0.103. The summed E-state index contributed by atoms with van der Waals surface area (Å²) >= 11 is 0. The highest BCUT2D eigenvalue weighted by Gasteiger charge is 2.30. The summed E-state index contributed by atoms with van der Waals surface area (Å²) < 4.78 is 67.8. The number of pyridine rings is 1. The summed E-state index contributed by atoms with van der Waals surface area (Å²) in [6.45, 7) is 0.0378. The SMILES string of the molecule is O=C(O)c1ccc(CNC(=O)c2cc(-c3ccc(F)c(F)c3)cn3nnc(Cc4ccc(C(F)(F)F)cc4)c23)cc1. The molecule has 0 atom stereocenters. The summed E-state index contributed by atoms with van der Waals surface area (Å²) in [6, 6.07) is 15.1. The van der Waals surface area contributed by atoms with Gasteiger partial charge in [-0.25, -0.2) is 18.1 Å². The van der Waals surface area contributed by atoms with Crippen molar-refractivity contribution in [3.05, 3.63) is 124 Å². The zero-order valence-corrected chi connectivity index (χ0v) is 20.9. The Balaban J connectivity index is 1.51. The third-order valence-corrected chi connectivity index (χ3v) is 6.38. The molecule has 0 aliphatic rings. The lowest BCUT2D eigenvalue weighted by atomic mass is 10.0.